The van der Waals surface area contributed by atoms with E-state index >= 15 is 0 Å². The number of carbonyl (C=O) groups is 2. The maximum atomic E-state index is 11.9. The summed E-state index contributed by atoms with van der Waals surface area (Å²) in [6.45, 7) is 5.84. The Morgan fingerprint density at radius 1 is 1.11 bits per heavy atom. The van der Waals surface area contributed by atoms with Gasteiger partial charge in [-0.05, 0) is 33.2 Å². The van der Waals surface area contributed by atoms with Crippen LogP contribution in [-0.2, 0) is 14.3 Å². The first-order valence-electron chi connectivity index (χ1n) is 6.79. The number of rotatable bonds is 10. The summed E-state index contributed by atoms with van der Waals surface area (Å²) in [5.41, 5.74) is 5.39. The van der Waals surface area contributed by atoms with Gasteiger partial charge in [-0.2, -0.15) is 0 Å². The summed E-state index contributed by atoms with van der Waals surface area (Å²) < 4.78 is 4.84. The van der Waals surface area contributed by atoms with Crippen LogP contribution in [0.5, 0.6) is 0 Å². The van der Waals surface area contributed by atoms with Crippen molar-refractivity contribution in [3.63, 3.8) is 0 Å². The fourth-order valence-electron chi connectivity index (χ4n) is 1.67. The number of ether oxygens (including phenoxy) is 1. The Morgan fingerprint density at radius 2 is 1.83 bits per heavy atom. The molecule has 0 aromatic heterocycles. The molecule has 0 spiro atoms. The molecule has 0 atom stereocenters. The molecule has 0 aromatic carbocycles. The predicted octanol–water partition coefficient (Wildman–Crippen LogP) is 1.31. The topological polar surface area (TPSA) is 72.6 Å². The highest BCUT2D eigenvalue weighted by Gasteiger charge is 2.13. The van der Waals surface area contributed by atoms with Crippen LogP contribution in [0.4, 0.5) is 0 Å². The standard InChI is InChI=1S/C13H26N2O3/c1-3-15(11-9-13(17)18-4-2)12(16)8-6-5-7-10-14/h3-11,14H2,1-2H3. The highest BCUT2D eigenvalue weighted by Crippen LogP contribution is 2.04. The minimum absolute atomic E-state index is 0.110. The Morgan fingerprint density at radius 3 is 2.39 bits per heavy atom. The molecular weight excluding hydrogens is 232 g/mol. The Hall–Kier alpha value is -1.10. The van der Waals surface area contributed by atoms with E-state index in [1.807, 2.05) is 6.92 Å². The minimum atomic E-state index is -0.244. The molecule has 0 aliphatic heterocycles. The molecule has 0 heterocycles. The van der Waals surface area contributed by atoms with Crippen LogP contribution in [0.3, 0.4) is 0 Å². The maximum Gasteiger partial charge on any atom is 0.307 e. The molecule has 0 aromatic rings. The van der Waals surface area contributed by atoms with E-state index in [-0.39, 0.29) is 18.3 Å². The van der Waals surface area contributed by atoms with Gasteiger partial charge in [-0.1, -0.05) is 6.42 Å². The van der Waals surface area contributed by atoms with Crippen molar-refractivity contribution in [2.24, 2.45) is 5.73 Å². The second-order valence-corrected chi connectivity index (χ2v) is 4.13. The molecule has 0 fully saturated rings. The molecule has 5 nitrogen and oxygen atoms in total. The van der Waals surface area contributed by atoms with Crippen molar-refractivity contribution < 1.29 is 14.3 Å². The maximum absolute atomic E-state index is 11.9. The van der Waals surface area contributed by atoms with Crippen LogP contribution in [0.1, 0.15) is 46.0 Å². The van der Waals surface area contributed by atoms with E-state index in [0.717, 1.165) is 19.3 Å². The molecule has 0 saturated heterocycles. The zero-order valence-electron chi connectivity index (χ0n) is 11.6. The molecule has 0 aliphatic carbocycles. The third-order valence-corrected chi connectivity index (χ3v) is 2.72. The number of nitrogens with two attached hydrogens (primary N) is 1. The van der Waals surface area contributed by atoms with Crippen LogP contribution in [0.2, 0.25) is 0 Å². The van der Waals surface area contributed by atoms with Gasteiger partial charge in [-0.3, -0.25) is 9.59 Å². The third kappa shape index (κ3) is 8.06. The van der Waals surface area contributed by atoms with Crippen molar-refractivity contribution in [1.29, 1.82) is 0 Å². The lowest BCUT2D eigenvalue weighted by atomic mass is 10.2. The summed E-state index contributed by atoms with van der Waals surface area (Å²) in [7, 11) is 0. The van der Waals surface area contributed by atoms with Gasteiger partial charge in [0, 0.05) is 19.5 Å². The quantitative estimate of drug-likeness (QED) is 0.473. The number of esters is 1. The second-order valence-electron chi connectivity index (χ2n) is 4.13. The number of nitrogens with zero attached hydrogens (tertiary/aromatic N) is 1. The van der Waals surface area contributed by atoms with E-state index in [4.69, 9.17) is 10.5 Å². The molecule has 106 valence electrons. The monoisotopic (exact) mass is 258 g/mol. The van der Waals surface area contributed by atoms with Gasteiger partial charge in [-0.15, -0.1) is 0 Å². The van der Waals surface area contributed by atoms with E-state index < -0.39 is 0 Å². The van der Waals surface area contributed by atoms with Gasteiger partial charge < -0.3 is 15.4 Å². The fraction of sp³-hybridized carbons (Fsp3) is 0.846. The smallest absolute Gasteiger partial charge is 0.307 e. The number of unbranched alkanes of at least 4 members (excludes halogenated alkanes) is 2. The molecule has 18 heavy (non-hydrogen) atoms. The summed E-state index contributed by atoms with van der Waals surface area (Å²) in [6.07, 6.45) is 3.62. The van der Waals surface area contributed by atoms with E-state index in [0.29, 0.717) is 32.7 Å². The van der Waals surface area contributed by atoms with Crippen LogP contribution in [-0.4, -0.2) is 43.0 Å². The Balaban J connectivity index is 3.85. The van der Waals surface area contributed by atoms with Crippen LogP contribution < -0.4 is 5.73 Å². The zero-order valence-corrected chi connectivity index (χ0v) is 11.6. The molecule has 0 radical (unpaired) electrons. The Labute approximate surface area is 110 Å². The molecular formula is C13H26N2O3. The summed E-state index contributed by atoms with van der Waals surface area (Å²) in [6, 6.07) is 0. The van der Waals surface area contributed by atoms with Crippen LogP contribution in [0.15, 0.2) is 0 Å². The lowest BCUT2D eigenvalue weighted by Gasteiger charge is -2.20. The van der Waals surface area contributed by atoms with E-state index in [1.165, 1.54) is 0 Å². The number of carbonyl (C=O) groups excluding carboxylic acids is 2. The molecule has 1 amide bonds. The van der Waals surface area contributed by atoms with Gasteiger partial charge in [0.15, 0.2) is 0 Å². The summed E-state index contributed by atoms with van der Waals surface area (Å²) in [5.74, 6) is -0.134. The minimum Gasteiger partial charge on any atom is -0.466 e. The summed E-state index contributed by atoms with van der Waals surface area (Å²) in [4.78, 5) is 24.8. The highest BCUT2D eigenvalue weighted by atomic mass is 16.5. The molecule has 0 aliphatic rings. The fourth-order valence-corrected chi connectivity index (χ4v) is 1.67. The normalized spacial score (nSPS) is 10.2. The average Bonchev–Trinajstić information content (AvgIpc) is 2.35. The SMILES string of the molecule is CCOC(=O)CCN(CC)C(=O)CCCCCN. The summed E-state index contributed by atoms with van der Waals surface area (Å²) in [5, 5.41) is 0. The number of hydrogen-bond donors (Lipinski definition) is 1. The van der Waals surface area contributed by atoms with Crippen LogP contribution in [0, 0.1) is 0 Å². The second kappa shape index (κ2) is 11.0. The van der Waals surface area contributed by atoms with Gasteiger partial charge >= 0.3 is 5.97 Å². The van der Waals surface area contributed by atoms with Crippen LogP contribution in [0.25, 0.3) is 0 Å². The molecule has 2 N–H and O–H groups in total. The molecule has 0 unspecified atom stereocenters. The van der Waals surface area contributed by atoms with E-state index in [1.54, 1.807) is 11.8 Å². The lowest BCUT2D eigenvalue weighted by Crippen LogP contribution is -2.32. The van der Waals surface area contributed by atoms with Crippen molar-refractivity contribution in [3.8, 4) is 0 Å². The first kappa shape index (κ1) is 16.9. The van der Waals surface area contributed by atoms with Crippen molar-refractivity contribution in [2.45, 2.75) is 46.0 Å². The van der Waals surface area contributed by atoms with Crippen molar-refractivity contribution in [1.82, 2.24) is 4.90 Å². The van der Waals surface area contributed by atoms with Gasteiger partial charge in [0.05, 0.1) is 13.0 Å². The van der Waals surface area contributed by atoms with Gasteiger partial charge in [0.2, 0.25) is 5.91 Å². The zero-order chi connectivity index (χ0) is 13.8. The van der Waals surface area contributed by atoms with Crippen molar-refractivity contribution in [3.05, 3.63) is 0 Å². The van der Waals surface area contributed by atoms with Crippen molar-refractivity contribution >= 4 is 11.9 Å². The Bertz CT molecular complexity index is 244. The number of amides is 1. The predicted molar refractivity (Wildman–Crippen MR) is 71.0 cm³/mol. The van der Waals surface area contributed by atoms with Crippen LogP contribution >= 0.6 is 0 Å². The molecule has 0 saturated carbocycles. The average molecular weight is 258 g/mol. The number of hydrogen-bond acceptors (Lipinski definition) is 4. The van der Waals surface area contributed by atoms with Gasteiger partial charge in [-0.25, -0.2) is 0 Å². The first-order valence-corrected chi connectivity index (χ1v) is 6.79. The summed E-state index contributed by atoms with van der Waals surface area (Å²) >= 11 is 0. The largest absolute Gasteiger partial charge is 0.466 e. The van der Waals surface area contributed by atoms with Gasteiger partial charge in [0.1, 0.15) is 0 Å². The molecule has 5 heteroatoms. The van der Waals surface area contributed by atoms with E-state index in [9.17, 15) is 9.59 Å². The molecule has 0 rings (SSSR count). The lowest BCUT2D eigenvalue weighted by molar-refractivity contribution is -0.144. The highest BCUT2D eigenvalue weighted by molar-refractivity contribution is 5.77. The Kier molecular flexibility index (Phi) is 10.3. The third-order valence-electron chi connectivity index (χ3n) is 2.72. The van der Waals surface area contributed by atoms with Crippen molar-refractivity contribution in [2.75, 3.05) is 26.2 Å². The van der Waals surface area contributed by atoms with Gasteiger partial charge in [0.25, 0.3) is 0 Å². The molecule has 0 bridgehead atoms. The first-order chi connectivity index (χ1) is 8.65. The van der Waals surface area contributed by atoms with E-state index in [2.05, 4.69) is 0 Å².